The second-order valence-electron chi connectivity index (χ2n) is 13.3. The number of rotatable bonds is 13. The zero-order valence-corrected chi connectivity index (χ0v) is 27.5. The molecule has 0 aromatic heterocycles. The van der Waals surface area contributed by atoms with E-state index in [-0.39, 0.29) is 16.2 Å². The molecule has 0 amide bonds. The SMILES string of the molecule is CC[C@H](CCC[C@H](O[Si](c1ccccc1)(c1ccccc1)C(C)(C)C)[C@@H](C)C(=O)O)O[Si](C)(C)C(C)(C)C. The largest absolute Gasteiger partial charge is 0.481 e. The molecule has 1 N–H and O–H groups in total. The van der Waals surface area contributed by atoms with E-state index in [0.29, 0.717) is 6.42 Å². The van der Waals surface area contributed by atoms with E-state index < -0.39 is 34.6 Å². The highest BCUT2D eigenvalue weighted by Gasteiger charge is 2.52. The number of carboxylic acids is 1. The summed E-state index contributed by atoms with van der Waals surface area (Å²) in [5.41, 5.74) is 0. The van der Waals surface area contributed by atoms with Gasteiger partial charge in [-0.25, -0.2) is 0 Å². The Morgan fingerprint density at radius 2 is 1.29 bits per heavy atom. The van der Waals surface area contributed by atoms with E-state index in [4.69, 9.17) is 8.85 Å². The first-order valence-corrected chi connectivity index (χ1v) is 19.1. The maximum atomic E-state index is 12.3. The maximum Gasteiger partial charge on any atom is 0.308 e. The van der Waals surface area contributed by atoms with Crippen LogP contribution < -0.4 is 10.4 Å². The Kier molecular flexibility index (Phi) is 11.2. The van der Waals surface area contributed by atoms with Crippen LogP contribution in [0.15, 0.2) is 60.7 Å². The van der Waals surface area contributed by atoms with Crippen LogP contribution >= 0.6 is 0 Å². The van der Waals surface area contributed by atoms with Crippen LogP contribution in [-0.4, -0.2) is 39.9 Å². The van der Waals surface area contributed by atoms with Gasteiger partial charge in [-0.1, -0.05) is 109 Å². The number of hydrogen-bond donors (Lipinski definition) is 1. The number of hydrogen-bond acceptors (Lipinski definition) is 3. The van der Waals surface area contributed by atoms with Crippen LogP contribution in [0.5, 0.6) is 0 Å². The predicted octanol–water partition coefficient (Wildman–Crippen LogP) is 7.62. The average molecular weight is 557 g/mol. The molecule has 2 aromatic carbocycles. The zero-order chi connectivity index (χ0) is 28.8. The van der Waals surface area contributed by atoms with Gasteiger partial charge in [-0.2, -0.15) is 0 Å². The van der Waals surface area contributed by atoms with Crippen LogP contribution in [0.3, 0.4) is 0 Å². The van der Waals surface area contributed by atoms with Crippen molar-refractivity contribution in [3.05, 3.63) is 60.7 Å². The van der Waals surface area contributed by atoms with Crippen molar-refractivity contribution in [1.29, 1.82) is 0 Å². The summed E-state index contributed by atoms with van der Waals surface area (Å²) in [6.07, 6.45) is 3.22. The van der Waals surface area contributed by atoms with E-state index in [1.54, 1.807) is 6.92 Å². The van der Waals surface area contributed by atoms with Gasteiger partial charge < -0.3 is 14.0 Å². The fourth-order valence-corrected chi connectivity index (χ4v) is 11.2. The van der Waals surface area contributed by atoms with Crippen molar-refractivity contribution in [3.63, 3.8) is 0 Å². The van der Waals surface area contributed by atoms with Gasteiger partial charge in [0.2, 0.25) is 0 Å². The molecule has 0 aliphatic heterocycles. The lowest BCUT2D eigenvalue weighted by atomic mass is 9.98. The Labute approximate surface area is 234 Å². The summed E-state index contributed by atoms with van der Waals surface area (Å²) in [6.45, 7) is 22.1. The number of carbonyl (C=O) groups is 1. The fourth-order valence-electron chi connectivity index (χ4n) is 4.97. The highest BCUT2D eigenvalue weighted by Crippen LogP contribution is 2.40. The molecule has 6 heteroatoms. The van der Waals surface area contributed by atoms with Crippen LogP contribution in [0.1, 0.15) is 81.1 Å². The third kappa shape index (κ3) is 7.68. The van der Waals surface area contributed by atoms with Crippen molar-refractivity contribution in [1.82, 2.24) is 0 Å². The van der Waals surface area contributed by atoms with Crippen molar-refractivity contribution in [2.45, 2.75) is 116 Å². The smallest absolute Gasteiger partial charge is 0.308 e. The maximum absolute atomic E-state index is 12.3. The Bertz CT molecular complexity index is 954. The molecular weight excluding hydrogens is 505 g/mol. The van der Waals surface area contributed by atoms with Crippen molar-refractivity contribution in [2.75, 3.05) is 0 Å². The molecule has 0 bridgehead atoms. The van der Waals surface area contributed by atoms with Crippen LogP contribution in [0.2, 0.25) is 23.2 Å². The van der Waals surface area contributed by atoms with Gasteiger partial charge in [-0.15, -0.1) is 0 Å². The average Bonchev–Trinajstić information content (AvgIpc) is 2.84. The second kappa shape index (κ2) is 13.1. The molecule has 0 heterocycles. The molecule has 0 fully saturated rings. The fraction of sp³-hybridized carbons (Fsp3) is 0.594. The summed E-state index contributed by atoms with van der Waals surface area (Å²) in [6, 6.07) is 21.0. The second-order valence-corrected chi connectivity index (χ2v) is 22.3. The summed E-state index contributed by atoms with van der Waals surface area (Å²) < 4.78 is 14.0. The zero-order valence-electron chi connectivity index (χ0n) is 25.5. The molecule has 2 rings (SSSR count). The molecule has 0 saturated heterocycles. The monoisotopic (exact) mass is 556 g/mol. The Morgan fingerprint density at radius 3 is 1.66 bits per heavy atom. The summed E-state index contributed by atoms with van der Waals surface area (Å²) in [7, 11) is -4.73. The molecule has 0 saturated carbocycles. The molecule has 2 aromatic rings. The van der Waals surface area contributed by atoms with Gasteiger partial charge in [0.1, 0.15) is 0 Å². The van der Waals surface area contributed by atoms with Crippen LogP contribution in [0.25, 0.3) is 0 Å². The molecule has 3 atom stereocenters. The van der Waals surface area contributed by atoms with Gasteiger partial charge in [-0.05, 0) is 66.2 Å². The minimum atomic E-state index is -2.86. The first-order valence-electron chi connectivity index (χ1n) is 14.3. The standard InChI is InChI=1S/C32H52O4Si2/c1-11-26(35-37(9,10)31(3,4)5)19-18-24-29(25(2)30(33)34)36-38(32(6,7)8,27-20-14-12-15-21-27)28-22-16-13-17-23-28/h12-17,20-23,25-26,29H,11,18-19,24H2,1-10H3,(H,33,34)/t25-,26-,29+/m1/s1. The van der Waals surface area contributed by atoms with Gasteiger partial charge in [-0.3, -0.25) is 4.79 Å². The third-order valence-electron chi connectivity index (χ3n) is 8.43. The molecule has 38 heavy (non-hydrogen) atoms. The number of aliphatic carboxylic acids is 1. The number of carboxylic acid groups (broad SMARTS) is 1. The molecule has 0 unspecified atom stereocenters. The third-order valence-corrected chi connectivity index (χ3v) is 18.0. The predicted molar refractivity (Wildman–Crippen MR) is 166 cm³/mol. The molecule has 4 nitrogen and oxygen atoms in total. The van der Waals surface area contributed by atoms with Gasteiger partial charge in [0.15, 0.2) is 8.32 Å². The molecular formula is C32H52O4Si2. The minimum Gasteiger partial charge on any atom is -0.481 e. The normalized spacial score (nSPS) is 15.6. The summed E-state index contributed by atoms with van der Waals surface area (Å²) in [4.78, 5) is 12.3. The lowest BCUT2D eigenvalue weighted by Crippen LogP contribution is -2.68. The Balaban J connectivity index is 2.42. The molecule has 0 aliphatic carbocycles. The topological polar surface area (TPSA) is 55.8 Å². The van der Waals surface area contributed by atoms with E-state index in [0.717, 1.165) is 19.3 Å². The van der Waals surface area contributed by atoms with E-state index in [1.807, 2.05) is 12.1 Å². The van der Waals surface area contributed by atoms with Gasteiger partial charge in [0.25, 0.3) is 8.32 Å². The summed E-state index contributed by atoms with van der Waals surface area (Å²) >= 11 is 0. The van der Waals surface area contributed by atoms with Gasteiger partial charge in [0, 0.05) is 6.10 Å². The molecule has 0 aliphatic rings. The molecule has 0 spiro atoms. The lowest BCUT2D eigenvalue weighted by Gasteiger charge is -2.46. The van der Waals surface area contributed by atoms with Crippen LogP contribution in [-0.2, 0) is 13.6 Å². The van der Waals surface area contributed by atoms with E-state index >= 15 is 0 Å². The highest BCUT2D eigenvalue weighted by molar-refractivity contribution is 6.99. The first-order chi connectivity index (χ1) is 17.6. The van der Waals surface area contributed by atoms with Crippen molar-refractivity contribution in [3.8, 4) is 0 Å². The molecule has 0 radical (unpaired) electrons. The minimum absolute atomic E-state index is 0.160. The van der Waals surface area contributed by atoms with E-state index in [9.17, 15) is 9.90 Å². The summed E-state index contributed by atoms with van der Waals surface area (Å²) in [5.74, 6) is -1.42. The Morgan fingerprint density at radius 1 is 0.816 bits per heavy atom. The van der Waals surface area contributed by atoms with Crippen LogP contribution in [0, 0.1) is 5.92 Å². The number of benzene rings is 2. The summed E-state index contributed by atoms with van der Waals surface area (Å²) in [5, 5.41) is 12.4. The van der Waals surface area contributed by atoms with Crippen LogP contribution in [0.4, 0.5) is 0 Å². The Hall–Kier alpha value is -1.74. The quantitative estimate of drug-likeness (QED) is 0.258. The van der Waals surface area contributed by atoms with Gasteiger partial charge >= 0.3 is 5.97 Å². The van der Waals surface area contributed by atoms with Crippen molar-refractivity contribution in [2.24, 2.45) is 5.92 Å². The van der Waals surface area contributed by atoms with E-state index in [1.165, 1.54) is 10.4 Å². The van der Waals surface area contributed by atoms with E-state index in [2.05, 4.69) is 110 Å². The highest BCUT2D eigenvalue weighted by atomic mass is 28.4. The molecule has 212 valence electrons. The van der Waals surface area contributed by atoms with Crippen molar-refractivity contribution < 1.29 is 18.8 Å². The first kappa shape index (κ1) is 32.5. The lowest BCUT2D eigenvalue weighted by molar-refractivity contribution is -0.144. The van der Waals surface area contributed by atoms with Crippen molar-refractivity contribution >= 4 is 33.0 Å². The van der Waals surface area contributed by atoms with Gasteiger partial charge in [0.05, 0.1) is 12.0 Å².